The lowest BCUT2D eigenvalue weighted by atomic mass is 10.2. The summed E-state index contributed by atoms with van der Waals surface area (Å²) in [5.74, 6) is 2.10. The van der Waals surface area contributed by atoms with Gasteiger partial charge in [0.15, 0.2) is 5.82 Å². The minimum absolute atomic E-state index is 0. The molecule has 1 N–H and O–H groups in total. The zero-order valence-electron chi connectivity index (χ0n) is 15.3. The van der Waals surface area contributed by atoms with E-state index in [1.807, 2.05) is 45.2 Å². The van der Waals surface area contributed by atoms with Gasteiger partial charge in [0.25, 0.3) is 5.89 Å². The van der Waals surface area contributed by atoms with E-state index in [1.54, 1.807) is 11.3 Å². The molecule has 1 atom stereocenters. The molecule has 0 aliphatic carbocycles. The van der Waals surface area contributed by atoms with Crippen LogP contribution in [0.3, 0.4) is 0 Å². The molecule has 2 heterocycles. The van der Waals surface area contributed by atoms with Crippen molar-refractivity contribution < 1.29 is 9.26 Å². The van der Waals surface area contributed by atoms with Gasteiger partial charge in [-0.25, -0.2) is 4.98 Å². The van der Waals surface area contributed by atoms with Gasteiger partial charge in [-0.2, -0.15) is 4.98 Å². The first-order valence-corrected chi connectivity index (χ1v) is 9.13. The lowest BCUT2D eigenvalue weighted by Gasteiger charge is -2.04. The third-order valence-electron chi connectivity index (χ3n) is 3.85. The van der Waals surface area contributed by atoms with E-state index in [0.29, 0.717) is 24.4 Å². The van der Waals surface area contributed by atoms with Crippen LogP contribution in [0.25, 0.3) is 21.3 Å². The van der Waals surface area contributed by atoms with Gasteiger partial charge in [-0.15, -0.1) is 23.7 Å². The minimum atomic E-state index is 0. The number of halogens is 1. The SMILES string of the molecule is CCOc1ccc(-c2nc(C)c(-c3nc(CC(C)NC)no3)s2)cc1.Cl. The Morgan fingerprint density at radius 2 is 1.96 bits per heavy atom. The summed E-state index contributed by atoms with van der Waals surface area (Å²) in [5.41, 5.74) is 1.94. The Hall–Kier alpha value is -1.96. The van der Waals surface area contributed by atoms with Crippen molar-refractivity contribution in [1.82, 2.24) is 20.4 Å². The molecule has 0 amide bonds. The number of nitrogens with one attached hydrogen (secondary N) is 1. The molecule has 8 heteroatoms. The maximum absolute atomic E-state index is 5.48. The molecule has 1 aromatic carbocycles. The minimum Gasteiger partial charge on any atom is -0.494 e. The van der Waals surface area contributed by atoms with Crippen molar-refractivity contribution in [3.63, 3.8) is 0 Å². The van der Waals surface area contributed by atoms with Crippen LogP contribution in [-0.2, 0) is 6.42 Å². The second-order valence-electron chi connectivity index (χ2n) is 5.80. The summed E-state index contributed by atoms with van der Waals surface area (Å²) < 4.78 is 10.9. The summed E-state index contributed by atoms with van der Waals surface area (Å²) in [6.45, 7) is 6.67. The topological polar surface area (TPSA) is 73.1 Å². The molecule has 1 unspecified atom stereocenters. The molecular formula is C18H23ClN4O2S. The van der Waals surface area contributed by atoms with Gasteiger partial charge in [-0.1, -0.05) is 5.16 Å². The fourth-order valence-corrected chi connectivity index (χ4v) is 3.38. The zero-order valence-corrected chi connectivity index (χ0v) is 16.9. The Kier molecular flexibility index (Phi) is 7.14. The molecular weight excluding hydrogens is 372 g/mol. The lowest BCUT2D eigenvalue weighted by Crippen LogP contribution is -2.24. The van der Waals surface area contributed by atoms with Crippen LogP contribution in [0.1, 0.15) is 25.4 Å². The highest BCUT2D eigenvalue weighted by atomic mass is 35.5. The highest BCUT2D eigenvalue weighted by Crippen LogP contribution is 2.34. The van der Waals surface area contributed by atoms with Gasteiger partial charge in [0.2, 0.25) is 0 Å². The Balaban J connectivity index is 0.00000243. The number of aromatic nitrogens is 3. The summed E-state index contributed by atoms with van der Waals surface area (Å²) in [6.07, 6.45) is 0.726. The Bertz CT molecular complexity index is 832. The second-order valence-corrected chi connectivity index (χ2v) is 6.80. The summed E-state index contributed by atoms with van der Waals surface area (Å²) in [4.78, 5) is 10.1. The lowest BCUT2D eigenvalue weighted by molar-refractivity contribution is 0.340. The normalized spacial score (nSPS) is 11.8. The van der Waals surface area contributed by atoms with Crippen LogP contribution in [0.15, 0.2) is 28.8 Å². The molecule has 0 radical (unpaired) electrons. The molecule has 0 spiro atoms. The van der Waals surface area contributed by atoms with Crippen LogP contribution in [0, 0.1) is 6.92 Å². The summed E-state index contributed by atoms with van der Waals surface area (Å²) in [6, 6.07) is 8.24. The third kappa shape index (κ3) is 4.60. The fraction of sp³-hybridized carbons (Fsp3) is 0.389. The molecule has 0 aliphatic rings. The Labute approximate surface area is 163 Å². The number of ether oxygens (including phenoxy) is 1. The van der Waals surface area contributed by atoms with Crippen molar-refractivity contribution in [3.05, 3.63) is 35.8 Å². The quantitative estimate of drug-likeness (QED) is 0.649. The van der Waals surface area contributed by atoms with E-state index in [9.17, 15) is 0 Å². The fourth-order valence-electron chi connectivity index (χ4n) is 2.38. The molecule has 0 aliphatic heterocycles. The highest BCUT2D eigenvalue weighted by molar-refractivity contribution is 7.18. The first-order chi connectivity index (χ1) is 12.1. The van der Waals surface area contributed by atoms with Crippen LogP contribution < -0.4 is 10.1 Å². The molecule has 0 saturated heterocycles. The van der Waals surface area contributed by atoms with Crippen molar-refractivity contribution in [1.29, 1.82) is 0 Å². The van der Waals surface area contributed by atoms with E-state index in [0.717, 1.165) is 33.3 Å². The first kappa shape index (κ1) is 20.4. The molecule has 6 nitrogen and oxygen atoms in total. The zero-order chi connectivity index (χ0) is 17.8. The average molecular weight is 395 g/mol. The van der Waals surface area contributed by atoms with Crippen molar-refractivity contribution in [2.45, 2.75) is 33.2 Å². The Morgan fingerprint density at radius 1 is 1.23 bits per heavy atom. The van der Waals surface area contributed by atoms with E-state index < -0.39 is 0 Å². The average Bonchev–Trinajstić information content (AvgIpc) is 3.22. The number of aryl methyl sites for hydroxylation is 1. The van der Waals surface area contributed by atoms with Crippen LogP contribution in [-0.4, -0.2) is 34.8 Å². The molecule has 26 heavy (non-hydrogen) atoms. The van der Waals surface area contributed by atoms with Gasteiger partial charge in [0.1, 0.15) is 15.6 Å². The van der Waals surface area contributed by atoms with Gasteiger partial charge in [0, 0.05) is 18.0 Å². The number of rotatable bonds is 7. The van der Waals surface area contributed by atoms with E-state index in [-0.39, 0.29) is 12.4 Å². The van der Waals surface area contributed by atoms with Crippen molar-refractivity contribution in [2.75, 3.05) is 13.7 Å². The summed E-state index contributed by atoms with van der Waals surface area (Å²) in [5, 5.41) is 8.17. The molecule has 0 bridgehead atoms. The van der Waals surface area contributed by atoms with Crippen LogP contribution >= 0.6 is 23.7 Å². The molecule has 140 valence electrons. The number of hydrogen-bond acceptors (Lipinski definition) is 7. The van der Waals surface area contributed by atoms with Gasteiger partial charge in [-0.05, 0) is 52.1 Å². The second kappa shape index (κ2) is 9.12. The number of thiazole rings is 1. The number of nitrogens with zero attached hydrogens (tertiary/aromatic N) is 3. The number of hydrogen-bond donors (Lipinski definition) is 1. The van der Waals surface area contributed by atoms with Crippen molar-refractivity contribution in [2.24, 2.45) is 0 Å². The first-order valence-electron chi connectivity index (χ1n) is 8.31. The summed E-state index contributed by atoms with van der Waals surface area (Å²) in [7, 11) is 1.92. The predicted octanol–water partition coefficient (Wildman–Crippen LogP) is 4.14. The van der Waals surface area contributed by atoms with Gasteiger partial charge in [-0.3, -0.25) is 0 Å². The largest absolute Gasteiger partial charge is 0.494 e. The van der Waals surface area contributed by atoms with Gasteiger partial charge < -0.3 is 14.6 Å². The molecule has 2 aromatic heterocycles. The molecule has 0 fully saturated rings. The van der Waals surface area contributed by atoms with Crippen LogP contribution in [0.5, 0.6) is 5.75 Å². The number of benzene rings is 1. The monoisotopic (exact) mass is 394 g/mol. The maximum Gasteiger partial charge on any atom is 0.269 e. The van der Waals surface area contributed by atoms with E-state index in [2.05, 4.69) is 27.4 Å². The molecule has 3 aromatic rings. The molecule has 3 rings (SSSR count). The Morgan fingerprint density at radius 3 is 2.62 bits per heavy atom. The van der Waals surface area contributed by atoms with Gasteiger partial charge >= 0.3 is 0 Å². The molecule has 0 saturated carbocycles. The predicted molar refractivity (Wildman–Crippen MR) is 106 cm³/mol. The highest BCUT2D eigenvalue weighted by Gasteiger charge is 2.18. The van der Waals surface area contributed by atoms with E-state index >= 15 is 0 Å². The van der Waals surface area contributed by atoms with Gasteiger partial charge in [0.05, 0.1) is 12.3 Å². The van der Waals surface area contributed by atoms with E-state index in [1.165, 1.54) is 0 Å². The summed E-state index contributed by atoms with van der Waals surface area (Å²) >= 11 is 1.56. The third-order valence-corrected chi connectivity index (χ3v) is 5.05. The number of likely N-dealkylation sites (N-methyl/N-ethyl adjacent to an activating group) is 1. The van der Waals surface area contributed by atoms with Crippen molar-refractivity contribution in [3.8, 4) is 27.1 Å². The van der Waals surface area contributed by atoms with E-state index in [4.69, 9.17) is 9.26 Å². The smallest absolute Gasteiger partial charge is 0.269 e. The standard InChI is InChI=1S/C18H22N4O2S.ClH/c1-5-23-14-8-6-13(7-9-14)18-20-12(3)16(25-18)17-21-15(22-24-17)10-11(2)19-4;/h6-9,11,19H,5,10H2,1-4H3;1H. The van der Waals surface area contributed by atoms with Crippen LogP contribution in [0.4, 0.5) is 0 Å². The van der Waals surface area contributed by atoms with Crippen molar-refractivity contribution >= 4 is 23.7 Å². The van der Waals surface area contributed by atoms with Crippen LogP contribution in [0.2, 0.25) is 0 Å². The maximum atomic E-state index is 5.48.